The van der Waals surface area contributed by atoms with Crippen LogP contribution in [0.1, 0.15) is 22.0 Å². The molecule has 0 aliphatic rings. The van der Waals surface area contributed by atoms with Gasteiger partial charge in [-0.15, -0.1) is 11.3 Å². The molecule has 0 fully saturated rings. The van der Waals surface area contributed by atoms with Crippen LogP contribution in [-0.2, 0) is 6.42 Å². The molecule has 0 spiro atoms. The number of nitrogens with two attached hydrogens (primary N) is 1. The van der Waals surface area contributed by atoms with Gasteiger partial charge in [-0.25, -0.2) is 4.39 Å². The summed E-state index contributed by atoms with van der Waals surface area (Å²) < 4.78 is 14.9. The molecule has 1 unspecified atom stereocenters. The van der Waals surface area contributed by atoms with Crippen molar-refractivity contribution in [2.75, 3.05) is 0 Å². The SMILES string of the molecule is Cc1cc(C(N)Cc2ccc(F)cc2Br)sc1Br. The molecule has 2 N–H and O–H groups in total. The molecule has 0 radical (unpaired) electrons. The maximum atomic E-state index is 13.0. The first kappa shape index (κ1) is 14.2. The summed E-state index contributed by atoms with van der Waals surface area (Å²) in [6.07, 6.45) is 0.688. The number of benzene rings is 1. The quantitative estimate of drug-likeness (QED) is 0.784. The van der Waals surface area contributed by atoms with Gasteiger partial charge < -0.3 is 5.73 Å². The van der Waals surface area contributed by atoms with Gasteiger partial charge >= 0.3 is 0 Å². The van der Waals surface area contributed by atoms with Crippen LogP contribution >= 0.6 is 43.2 Å². The maximum Gasteiger partial charge on any atom is 0.124 e. The molecule has 2 rings (SSSR count). The van der Waals surface area contributed by atoms with Gasteiger partial charge in [-0.3, -0.25) is 0 Å². The van der Waals surface area contributed by atoms with Gasteiger partial charge in [0.15, 0.2) is 0 Å². The third-order valence-corrected chi connectivity index (χ3v) is 5.70. The van der Waals surface area contributed by atoms with Crippen molar-refractivity contribution in [2.45, 2.75) is 19.4 Å². The number of halogens is 3. The van der Waals surface area contributed by atoms with Crippen LogP contribution in [0.4, 0.5) is 4.39 Å². The Balaban J connectivity index is 2.18. The minimum Gasteiger partial charge on any atom is -0.323 e. The van der Waals surface area contributed by atoms with Crippen molar-refractivity contribution in [1.82, 2.24) is 0 Å². The van der Waals surface area contributed by atoms with E-state index < -0.39 is 0 Å². The largest absolute Gasteiger partial charge is 0.323 e. The Morgan fingerprint density at radius 2 is 2.06 bits per heavy atom. The smallest absolute Gasteiger partial charge is 0.124 e. The Morgan fingerprint density at radius 1 is 1.33 bits per heavy atom. The highest BCUT2D eigenvalue weighted by Crippen LogP contribution is 2.32. The van der Waals surface area contributed by atoms with E-state index in [1.54, 1.807) is 17.4 Å². The van der Waals surface area contributed by atoms with Crippen LogP contribution in [-0.4, -0.2) is 0 Å². The van der Waals surface area contributed by atoms with E-state index in [-0.39, 0.29) is 11.9 Å². The van der Waals surface area contributed by atoms with Gasteiger partial charge in [0.2, 0.25) is 0 Å². The maximum absolute atomic E-state index is 13.0. The van der Waals surface area contributed by atoms with Gasteiger partial charge in [0.05, 0.1) is 3.79 Å². The lowest BCUT2D eigenvalue weighted by Gasteiger charge is -2.11. The summed E-state index contributed by atoms with van der Waals surface area (Å²) in [5.74, 6) is -0.242. The minimum atomic E-state index is -0.242. The standard InChI is InChI=1S/C13H12Br2FNS/c1-7-4-12(18-13(7)15)11(17)5-8-2-3-9(16)6-10(8)14/h2-4,6,11H,5,17H2,1H3. The second-order valence-corrected chi connectivity index (χ2v) is 7.41. The lowest BCUT2D eigenvalue weighted by Crippen LogP contribution is -2.12. The van der Waals surface area contributed by atoms with Gasteiger partial charge in [0.25, 0.3) is 0 Å². The molecule has 1 nitrogen and oxygen atoms in total. The van der Waals surface area contributed by atoms with Crippen LogP contribution in [0.2, 0.25) is 0 Å². The zero-order valence-corrected chi connectivity index (χ0v) is 13.7. The summed E-state index contributed by atoms with van der Waals surface area (Å²) >= 11 is 8.52. The summed E-state index contributed by atoms with van der Waals surface area (Å²) in [5, 5.41) is 0. The van der Waals surface area contributed by atoms with Crippen LogP contribution in [0.3, 0.4) is 0 Å². The molecule has 18 heavy (non-hydrogen) atoms. The monoisotopic (exact) mass is 391 g/mol. The molecular formula is C13H12Br2FNS. The lowest BCUT2D eigenvalue weighted by atomic mass is 10.1. The number of rotatable bonds is 3. The molecule has 0 bridgehead atoms. The normalized spacial score (nSPS) is 12.7. The van der Waals surface area contributed by atoms with Crippen molar-refractivity contribution in [3.8, 4) is 0 Å². The first-order valence-electron chi connectivity index (χ1n) is 5.42. The molecule has 0 saturated carbocycles. The van der Waals surface area contributed by atoms with Crippen molar-refractivity contribution in [2.24, 2.45) is 5.73 Å². The fourth-order valence-electron chi connectivity index (χ4n) is 1.69. The number of hydrogen-bond donors (Lipinski definition) is 1. The van der Waals surface area contributed by atoms with E-state index in [1.165, 1.54) is 17.7 Å². The van der Waals surface area contributed by atoms with Crippen molar-refractivity contribution in [3.05, 3.63) is 54.3 Å². The fraction of sp³-hybridized carbons (Fsp3) is 0.231. The number of hydrogen-bond acceptors (Lipinski definition) is 2. The molecule has 1 atom stereocenters. The van der Waals surface area contributed by atoms with E-state index in [0.29, 0.717) is 6.42 Å². The highest BCUT2D eigenvalue weighted by atomic mass is 79.9. The van der Waals surface area contributed by atoms with Crippen molar-refractivity contribution >= 4 is 43.2 Å². The van der Waals surface area contributed by atoms with Crippen LogP contribution < -0.4 is 5.73 Å². The Bertz CT molecular complexity index is 549. The van der Waals surface area contributed by atoms with E-state index in [2.05, 4.69) is 37.9 Å². The minimum absolute atomic E-state index is 0.0678. The second-order valence-electron chi connectivity index (χ2n) is 4.15. The zero-order valence-electron chi connectivity index (χ0n) is 9.71. The number of thiophene rings is 1. The summed E-state index contributed by atoms with van der Waals surface area (Å²) in [5.41, 5.74) is 8.41. The van der Waals surface area contributed by atoms with Crippen molar-refractivity contribution in [3.63, 3.8) is 0 Å². The zero-order chi connectivity index (χ0) is 13.3. The van der Waals surface area contributed by atoms with Gasteiger partial charge in [-0.2, -0.15) is 0 Å². The fourth-order valence-corrected chi connectivity index (χ4v) is 3.78. The summed E-state index contributed by atoms with van der Waals surface area (Å²) in [4.78, 5) is 1.13. The topological polar surface area (TPSA) is 26.0 Å². The third kappa shape index (κ3) is 3.20. The lowest BCUT2D eigenvalue weighted by molar-refractivity contribution is 0.624. The Kier molecular flexibility index (Phi) is 4.59. The average Bonchev–Trinajstić information content (AvgIpc) is 2.63. The Hall–Kier alpha value is -0.230. The van der Waals surface area contributed by atoms with E-state index >= 15 is 0 Å². The van der Waals surface area contributed by atoms with Gasteiger partial charge in [0, 0.05) is 15.4 Å². The molecule has 2 aromatic rings. The third-order valence-electron chi connectivity index (χ3n) is 2.70. The predicted octanol–water partition coefficient (Wildman–Crippen LogP) is 4.96. The molecule has 0 aliphatic heterocycles. The molecule has 0 amide bonds. The van der Waals surface area contributed by atoms with E-state index in [0.717, 1.165) is 18.7 Å². The predicted molar refractivity (Wildman–Crippen MR) is 81.5 cm³/mol. The Labute approximate surface area is 126 Å². The highest BCUT2D eigenvalue weighted by Gasteiger charge is 2.13. The Morgan fingerprint density at radius 3 is 2.61 bits per heavy atom. The first-order chi connectivity index (χ1) is 8.47. The van der Waals surface area contributed by atoms with Gasteiger partial charge in [-0.05, 0) is 58.6 Å². The summed E-state index contributed by atoms with van der Waals surface area (Å²) in [6.45, 7) is 2.05. The van der Waals surface area contributed by atoms with Crippen molar-refractivity contribution < 1.29 is 4.39 Å². The molecule has 0 aliphatic carbocycles. The first-order valence-corrected chi connectivity index (χ1v) is 7.83. The molecular weight excluding hydrogens is 381 g/mol. The number of aryl methyl sites for hydroxylation is 1. The van der Waals surface area contributed by atoms with E-state index in [4.69, 9.17) is 5.73 Å². The molecule has 1 heterocycles. The second kappa shape index (κ2) is 5.82. The molecule has 5 heteroatoms. The summed E-state index contributed by atoms with van der Waals surface area (Å²) in [6, 6.07) is 6.73. The average molecular weight is 393 g/mol. The van der Waals surface area contributed by atoms with Crippen LogP contribution in [0.5, 0.6) is 0 Å². The highest BCUT2D eigenvalue weighted by molar-refractivity contribution is 9.11. The molecule has 1 aromatic carbocycles. The van der Waals surface area contributed by atoms with E-state index in [9.17, 15) is 4.39 Å². The van der Waals surface area contributed by atoms with Crippen LogP contribution in [0.15, 0.2) is 32.5 Å². The van der Waals surface area contributed by atoms with Crippen LogP contribution in [0, 0.1) is 12.7 Å². The molecule has 0 saturated heterocycles. The van der Waals surface area contributed by atoms with Crippen molar-refractivity contribution in [1.29, 1.82) is 0 Å². The van der Waals surface area contributed by atoms with Crippen LogP contribution in [0.25, 0.3) is 0 Å². The van der Waals surface area contributed by atoms with E-state index in [1.807, 2.05) is 6.92 Å². The van der Waals surface area contributed by atoms with Gasteiger partial charge in [0.1, 0.15) is 5.82 Å². The molecule has 1 aromatic heterocycles. The van der Waals surface area contributed by atoms with Gasteiger partial charge in [-0.1, -0.05) is 22.0 Å². The summed E-state index contributed by atoms with van der Waals surface area (Å²) in [7, 11) is 0. The molecule has 96 valence electrons.